The van der Waals surface area contributed by atoms with Crippen molar-refractivity contribution in [1.29, 1.82) is 0 Å². The van der Waals surface area contributed by atoms with E-state index in [1.165, 1.54) is 6.33 Å². The minimum Gasteiger partial charge on any atom is -0.379 e. The molecule has 9 heteroatoms. The van der Waals surface area contributed by atoms with E-state index in [4.69, 9.17) is 4.74 Å². The molecule has 30 heavy (non-hydrogen) atoms. The van der Waals surface area contributed by atoms with Crippen LogP contribution < -0.4 is 0 Å². The highest BCUT2D eigenvalue weighted by Gasteiger charge is 2.44. The van der Waals surface area contributed by atoms with Gasteiger partial charge in [-0.25, -0.2) is 14.6 Å². The topological polar surface area (TPSA) is 98.9 Å². The predicted molar refractivity (Wildman–Crippen MR) is 107 cm³/mol. The Hall–Kier alpha value is -3.20. The molecule has 4 heterocycles. The smallest absolute Gasteiger partial charge is 0.272 e. The van der Waals surface area contributed by atoms with Gasteiger partial charge >= 0.3 is 0 Å². The van der Waals surface area contributed by atoms with Crippen LogP contribution in [0.3, 0.4) is 0 Å². The first-order valence-electron chi connectivity index (χ1n) is 10.1. The summed E-state index contributed by atoms with van der Waals surface area (Å²) >= 11 is 0. The predicted octanol–water partition coefficient (Wildman–Crippen LogP) is 1.87. The SMILES string of the molecule is CO[C@@H]1C[C@H]2CN(C(=O)c3ccncn3)C[C@H]2C[C@H]1n1cc(-c2ccncc2)nn1. The number of nitrogens with zero attached hydrogens (tertiary/aromatic N) is 7. The zero-order valence-electron chi connectivity index (χ0n) is 16.7. The lowest BCUT2D eigenvalue weighted by molar-refractivity contribution is -0.00545. The van der Waals surface area contributed by atoms with Crippen molar-refractivity contribution >= 4 is 5.91 Å². The molecule has 0 radical (unpaired) electrons. The molecule has 1 aliphatic heterocycles. The van der Waals surface area contributed by atoms with Gasteiger partial charge in [0.15, 0.2) is 0 Å². The second-order valence-electron chi connectivity index (χ2n) is 7.96. The normalized spacial score (nSPS) is 25.8. The minimum absolute atomic E-state index is 0.0296. The van der Waals surface area contributed by atoms with Crippen LogP contribution in [0.15, 0.2) is 49.3 Å². The number of amides is 1. The third-order valence-electron chi connectivity index (χ3n) is 6.30. The molecule has 1 saturated heterocycles. The van der Waals surface area contributed by atoms with Gasteiger partial charge in [-0.2, -0.15) is 0 Å². The van der Waals surface area contributed by atoms with Crippen LogP contribution in [0.25, 0.3) is 11.3 Å². The van der Waals surface area contributed by atoms with E-state index in [-0.39, 0.29) is 18.1 Å². The molecular formula is C21H23N7O2. The van der Waals surface area contributed by atoms with E-state index in [1.807, 2.05) is 27.9 Å². The van der Waals surface area contributed by atoms with E-state index in [0.29, 0.717) is 17.5 Å². The van der Waals surface area contributed by atoms with Gasteiger partial charge in [0, 0.05) is 44.4 Å². The first-order valence-corrected chi connectivity index (χ1v) is 10.1. The summed E-state index contributed by atoms with van der Waals surface area (Å²) in [5.74, 6) is 0.791. The maximum atomic E-state index is 12.8. The molecule has 0 N–H and O–H groups in total. The fourth-order valence-corrected chi connectivity index (χ4v) is 4.76. The number of carbonyl (C=O) groups is 1. The summed E-state index contributed by atoms with van der Waals surface area (Å²) in [5, 5.41) is 8.75. The molecule has 4 atom stereocenters. The molecule has 0 bridgehead atoms. The van der Waals surface area contributed by atoms with E-state index in [9.17, 15) is 4.79 Å². The summed E-state index contributed by atoms with van der Waals surface area (Å²) < 4.78 is 7.76. The molecule has 5 rings (SSSR count). The molecular weight excluding hydrogens is 382 g/mol. The highest BCUT2D eigenvalue weighted by molar-refractivity contribution is 5.92. The summed E-state index contributed by atoms with van der Waals surface area (Å²) in [6.45, 7) is 1.46. The van der Waals surface area contributed by atoms with E-state index >= 15 is 0 Å². The second-order valence-corrected chi connectivity index (χ2v) is 7.96. The monoisotopic (exact) mass is 405 g/mol. The number of hydrogen-bond acceptors (Lipinski definition) is 7. The number of rotatable bonds is 4. The van der Waals surface area contributed by atoms with Crippen molar-refractivity contribution in [1.82, 2.24) is 34.8 Å². The number of carbonyl (C=O) groups excluding carboxylic acids is 1. The lowest BCUT2D eigenvalue weighted by Crippen LogP contribution is -2.37. The van der Waals surface area contributed by atoms with E-state index < -0.39 is 0 Å². The Balaban J connectivity index is 1.33. The van der Waals surface area contributed by atoms with Crippen LogP contribution in [0.4, 0.5) is 0 Å². The van der Waals surface area contributed by atoms with E-state index in [2.05, 4.69) is 25.3 Å². The van der Waals surface area contributed by atoms with Crippen molar-refractivity contribution in [3.63, 3.8) is 0 Å². The second kappa shape index (κ2) is 7.91. The van der Waals surface area contributed by atoms with Gasteiger partial charge in [0.05, 0.1) is 18.3 Å². The fourth-order valence-electron chi connectivity index (χ4n) is 4.76. The molecule has 0 unspecified atom stereocenters. The first kappa shape index (κ1) is 18.8. The maximum Gasteiger partial charge on any atom is 0.272 e. The standard InChI is InChI=1S/C21H23N7O2/c1-30-20-9-16-11-27(21(29)17-4-7-23-13-24-17)10-15(16)8-19(20)28-12-18(25-26-28)14-2-5-22-6-3-14/h2-7,12-13,15-16,19-20H,8-11H2,1H3/t15-,16+,19-,20-/m1/s1. The Morgan fingerprint density at radius 1 is 1.07 bits per heavy atom. The molecule has 0 spiro atoms. The van der Waals surface area contributed by atoms with Gasteiger partial charge in [-0.15, -0.1) is 5.10 Å². The summed E-state index contributed by atoms with van der Waals surface area (Å²) in [7, 11) is 1.75. The summed E-state index contributed by atoms with van der Waals surface area (Å²) in [6.07, 6.45) is 10.3. The fraction of sp³-hybridized carbons (Fsp3) is 0.429. The van der Waals surface area contributed by atoms with Gasteiger partial charge in [0.2, 0.25) is 0 Å². The third-order valence-corrected chi connectivity index (χ3v) is 6.30. The molecule has 9 nitrogen and oxygen atoms in total. The Morgan fingerprint density at radius 2 is 1.83 bits per heavy atom. The van der Waals surface area contributed by atoms with Gasteiger partial charge in [0.25, 0.3) is 5.91 Å². The number of methoxy groups -OCH3 is 1. The molecule has 0 aromatic carbocycles. The largest absolute Gasteiger partial charge is 0.379 e. The van der Waals surface area contributed by atoms with Crippen molar-refractivity contribution in [2.75, 3.05) is 20.2 Å². The van der Waals surface area contributed by atoms with Crippen LogP contribution in [0.2, 0.25) is 0 Å². The lowest BCUT2D eigenvalue weighted by atomic mass is 9.77. The van der Waals surface area contributed by atoms with Gasteiger partial charge in [-0.05, 0) is 42.9 Å². The number of hydrogen-bond donors (Lipinski definition) is 0. The summed E-state index contributed by atoms with van der Waals surface area (Å²) in [4.78, 5) is 26.8. The minimum atomic E-state index is -0.0296. The number of pyridine rings is 1. The maximum absolute atomic E-state index is 12.8. The van der Waals surface area contributed by atoms with Gasteiger partial charge in [-0.3, -0.25) is 9.78 Å². The van der Waals surface area contributed by atoms with Crippen molar-refractivity contribution < 1.29 is 9.53 Å². The van der Waals surface area contributed by atoms with Crippen molar-refractivity contribution in [3.05, 3.63) is 55.0 Å². The molecule has 3 aromatic heterocycles. The van der Waals surface area contributed by atoms with E-state index in [1.54, 1.807) is 31.8 Å². The van der Waals surface area contributed by atoms with Crippen LogP contribution in [0, 0.1) is 11.8 Å². The molecule has 1 aliphatic carbocycles. The molecule has 2 fully saturated rings. The van der Waals surface area contributed by atoms with Crippen LogP contribution in [-0.2, 0) is 4.74 Å². The van der Waals surface area contributed by atoms with Crippen LogP contribution >= 0.6 is 0 Å². The molecule has 1 saturated carbocycles. The molecule has 154 valence electrons. The first-order chi connectivity index (χ1) is 14.7. The van der Waals surface area contributed by atoms with Crippen molar-refractivity contribution in [3.8, 4) is 11.3 Å². The highest BCUT2D eigenvalue weighted by atomic mass is 16.5. The Morgan fingerprint density at radius 3 is 2.57 bits per heavy atom. The molecule has 2 aliphatic rings. The molecule has 3 aromatic rings. The van der Waals surface area contributed by atoms with Gasteiger partial charge in [0.1, 0.15) is 17.7 Å². The third kappa shape index (κ3) is 3.45. The number of fused-ring (bicyclic) bond motifs is 1. The van der Waals surface area contributed by atoms with Crippen LogP contribution in [0.1, 0.15) is 29.4 Å². The van der Waals surface area contributed by atoms with Gasteiger partial charge in [-0.1, -0.05) is 5.21 Å². The Bertz CT molecular complexity index is 1010. The quantitative estimate of drug-likeness (QED) is 0.653. The average Bonchev–Trinajstić information content (AvgIpc) is 3.46. The van der Waals surface area contributed by atoms with Crippen LogP contribution in [-0.4, -0.2) is 67.1 Å². The number of likely N-dealkylation sites (tertiary alicyclic amines) is 1. The Kier molecular flexibility index (Phi) is 4.96. The lowest BCUT2D eigenvalue weighted by Gasteiger charge is -2.36. The Labute approximate surface area is 174 Å². The van der Waals surface area contributed by atoms with Crippen molar-refractivity contribution in [2.24, 2.45) is 11.8 Å². The summed E-state index contributed by atoms with van der Waals surface area (Å²) in [6, 6.07) is 5.61. The van der Waals surface area contributed by atoms with E-state index in [0.717, 1.165) is 37.2 Å². The highest BCUT2D eigenvalue weighted by Crippen LogP contribution is 2.42. The number of aromatic nitrogens is 6. The molecule has 1 amide bonds. The zero-order valence-corrected chi connectivity index (χ0v) is 16.7. The average molecular weight is 405 g/mol. The van der Waals surface area contributed by atoms with Crippen molar-refractivity contribution in [2.45, 2.75) is 25.0 Å². The van der Waals surface area contributed by atoms with Crippen LogP contribution in [0.5, 0.6) is 0 Å². The number of ether oxygens (including phenoxy) is 1. The zero-order chi connectivity index (χ0) is 20.5. The summed E-state index contributed by atoms with van der Waals surface area (Å²) in [5.41, 5.74) is 2.25. The van der Waals surface area contributed by atoms with Gasteiger partial charge < -0.3 is 9.64 Å².